The number of hydrogen-bond acceptors (Lipinski definition) is 7. The zero-order valence-electron chi connectivity index (χ0n) is 20.1. The Morgan fingerprint density at radius 3 is 2.00 bits per heavy atom. The smallest absolute Gasteiger partial charge is 0.196 e. The topological polar surface area (TPSA) is 67.6 Å². The lowest BCUT2D eigenvalue weighted by Gasteiger charge is -2.12. The van der Waals surface area contributed by atoms with E-state index in [1.165, 1.54) is 0 Å². The third-order valence-electron chi connectivity index (χ3n) is 5.09. The summed E-state index contributed by atoms with van der Waals surface area (Å²) in [6.07, 6.45) is 0. The minimum atomic E-state index is 0.531. The van der Waals surface area contributed by atoms with Crippen LogP contribution in [0.15, 0.2) is 78.0 Å². The van der Waals surface area contributed by atoms with Gasteiger partial charge < -0.3 is 18.9 Å². The van der Waals surface area contributed by atoms with Gasteiger partial charge in [-0.15, -0.1) is 10.2 Å². The first-order chi connectivity index (χ1) is 17.2. The maximum atomic E-state index is 5.90. The number of benzene rings is 3. The van der Waals surface area contributed by atoms with Crippen molar-refractivity contribution in [2.24, 2.45) is 0 Å². The lowest BCUT2D eigenvalue weighted by Crippen LogP contribution is -2.04. The molecular formula is C27H29N3O4S. The van der Waals surface area contributed by atoms with Gasteiger partial charge in [0, 0.05) is 17.0 Å². The second-order valence-electron chi connectivity index (χ2n) is 7.40. The first-order valence-corrected chi connectivity index (χ1v) is 12.5. The van der Waals surface area contributed by atoms with E-state index in [-0.39, 0.29) is 0 Å². The molecule has 0 aliphatic rings. The summed E-state index contributed by atoms with van der Waals surface area (Å²) >= 11 is 1.59. The van der Waals surface area contributed by atoms with Crippen molar-refractivity contribution in [3.63, 3.8) is 0 Å². The molecular weight excluding hydrogens is 462 g/mol. The minimum Gasteiger partial charge on any atom is -0.497 e. The molecule has 0 radical (unpaired) electrons. The highest BCUT2D eigenvalue weighted by Crippen LogP contribution is 2.30. The molecule has 0 bridgehead atoms. The van der Waals surface area contributed by atoms with Gasteiger partial charge >= 0.3 is 0 Å². The first-order valence-electron chi connectivity index (χ1n) is 11.5. The molecule has 1 aromatic heterocycles. The van der Waals surface area contributed by atoms with Crippen LogP contribution < -0.4 is 18.9 Å². The average molecular weight is 492 g/mol. The quantitative estimate of drug-likeness (QED) is 0.180. The normalized spacial score (nSPS) is 10.7. The monoisotopic (exact) mass is 491 g/mol. The fourth-order valence-corrected chi connectivity index (χ4v) is 4.26. The van der Waals surface area contributed by atoms with Crippen molar-refractivity contribution in [3.05, 3.63) is 72.8 Å². The van der Waals surface area contributed by atoms with Gasteiger partial charge in [0.2, 0.25) is 0 Å². The summed E-state index contributed by atoms with van der Waals surface area (Å²) < 4.78 is 24.5. The van der Waals surface area contributed by atoms with Crippen molar-refractivity contribution in [2.75, 3.05) is 32.7 Å². The van der Waals surface area contributed by atoms with Crippen LogP contribution >= 0.6 is 11.8 Å². The van der Waals surface area contributed by atoms with Crippen molar-refractivity contribution in [1.29, 1.82) is 0 Å². The largest absolute Gasteiger partial charge is 0.497 e. The Morgan fingerprint density at radius 1 is 0.743 bits per heavy atom. The first kappa shape index (κ1) is 24.5. The van der Waals surface area contributed by atoms with E-state index in [1.807, 2.05) is 91.2 Å². The molecule has 8 heteroatoms. The van der Waals surface area contributed by atoms with Gasteiger partial charge in [-0.2, -0.15) is 0 Å². The van der Waals surface area contributed by atoms with Gasteiger partial charge in [-0.3, -0.25) is 4.57 Å². The van der Waals surface area contributed by atoms with Gasteiger partial charge in [0.1, 0.15) is 23.0 Å². The Hall–Kier alpha value is -3.65. The molecule has 0 N–H and O–H groups in total. The SMILES string of the molecule is CCOc1ccc(OCCSc2nnc(-c3cccc(OC)c3)n2-c2ccc(OCC)cc2)cc1. The van der Waals surface area contributed by atoms with Gasteiger partial charge in [0.15, 0.2) is 11.0 Å². The molecule has 0 atom stereocenters. The van der Waals surface area contributed by atoms with Gasteiger partial charge in [-0.25, -0.2) is 0 Å². The summed E-state index contributed by atoms with van der Waals surface area (Å²) in [6, 6.07) is 23.4. The molecule has 4 rings (SSSR count). The molecule has 0 saturated carbocycles. The van der Waals surface area contributed by atoms with E-state index < -0.39 is 0 Å². The predicted octanol–water partition coefficient (Wildman–Crippen LogP) is 5.91. The number of nitrogens with zero attached hydrogens (tertiary/aromatic N) is 3. The minimum absolute atomic E-state index is 0.531. The zero-order valence-corrected chi connectivity index (χ0v) is 21.0. The Morgan fingerprint density at radius 2 is 1.37 bits per heavy atom. The van der Waals surface area contributed by atoms with E-state index in [1.54, 1.807) is 18.9 Å². The molecule has 4 aromatic rings. The molecule has 0 unspecified atom stereocenters. The van der Waals surface area contributed by atoms with E-state index in [2.05, 4.69) is 10.2 Å². The summed E-state index contributed by atoms with van der Waals surface area (Å²) in [5.74, 6) is 4.68. The molecule has 0 aliphatic carbocycles. The molecule has 1 heterocycles. The van der Waals surface area contributed by atoms with E-state index in [0.717, 1.165) is 45.2 Å². The van der Waals surface area contributed by atoms with Crippen LogP contribution in [-0.4, -0.2) is 47.4 Å². The van der Waals surface area contributed by atoms with E-state index >= 15 is 0 Å². The molecule has 0 saturated heterocycles. The highest BCUT2D eigenvalue weighted by atomic mass is 32.2. The van der Waals surface area contributed by atoms with Crippen LogP contribution in [0.3, 0.4) is 0 Å². The molecule has 0 spiro atoms. The van der Waals surface area contributed by atoms with E-state index in [0.29, 0.717) is 25.6 Å². The molecule has 0 amide bonds. The van der Waals surface area contributed by atoms with Gasteiger partial charge in [0.05, 0.1) is 26.9 Å². The summed E-state index contributed by atoms with van der Waals surface area (Å²) in [5.41, 5.74) is 1.87. The van der Waals surface area contributed by atoms with Crippen LogP contribution in [0.4, 0.5) is 0 Å². The number of ether oxygens (including phenoxy) is 4. The van der Waals surface area contributed by atoms with Crippen molar-refractivity contribution in [2.45, 2.75) is 19.0 Å². The fourth-order valence-electron chi connectivity index (χ4n) is 3.49. The average Bonchev–Trinajstić information content (AvgIpc) is 3.32. The van der Waals surface area contributed by atoms with Crippen molar-refractivity contribution < 1.29 is 18.9 Å². The molecule has 182 valence electrons. The second-order valence-corrected chi connectivity index (χ2v) is 8.46. The third kappa shape index (κ3) is 6.27. The highest BCUT2D eigenvalue weighted by molar-refractivity contribution is 7.99. The summed E-state index contributed by atoms with van der Waals surface area (Å²) in [5, 5.41) is 9.78. The molecule has 7 nitrogen and oxygen atoms in total. The molecule has 0 aliphatic heterocycles. The third-order valence-corrected chi connectivity index (χ3v) is 5.98. The Labute approximate surface area is 210 Å². The highest BCUT2D eigenvalue weighted by Gasteiger charge is 2.17. The lowest BCUT2D eigenvalue weighted by atomic mass is 10.2. The summed E-state index contributed by atoms with van der Waals surface area (Å²) in [4.78, 5) is 0. The number of hydrogen-bond donors (Lipinski definition) is 0. The van der Waals surface area contributed by atoms with E-state index in [4.69, 9.17) is 18.9 Å². The van der Waals surface area contributed by atoms with Gasteiger partial charge in [0.25, 0.3) is 0 Å². The lowest BCUT2D eigenvalue weighted by molar-refractivity contribution is 0.332. The van der Waals surface area contributed by atoms with Crippen LogP contribution in [0, 0.1) is 0 Å². The summed E-state index contributed by atoms with van der Waals surface area (Å²) in [6.45, 7) is 5.73. The Bertz CT molecular complexity index is 1210. The number of methoxy groups -OCH3 is 1. The van der Waals surface area contributed by atoms with Crippen molar-refractivity contribution in [3.8, 4) is 40.1 Å². The maximum Gasteiger partial charge on any atom is 0.196 e. The molecule has 35 heavy (non-hydrogen) atoms. The fraction of sp³-hybridized carbons (Fsp3) is 0.259. The zero-order chi connectivity index (χ0) is 24.5. The number of thioether (sulfide) groups is 1. The van der Waals surface area contributed by atoms with Gasteiger partial charge in [-0.05, 0) is 74.5 Å². The van der Waals surface area contributed by atoms with Crippen LogP contribution in [-0.2, 0) is 0 Å². The van der Waals surface area contributed by atoms with Crippen LogP contribution in [0.5, 0.6) is 23.0 Å². The number of rotatable bonds is 12. The van der Waals surface area contributed by atoms with Crippen LogP contribution in [0.2, 0.25) is 0 Å². The molecule has 0 fully saturated rings. The van der Waals surface area contributed by atoms with Gasteiger partial charge in [-0.1, -0.05) is 23.9 Å². The van der Waals surface area contributed by atoms with Crippen molar-refractivity contribution >= 4 is 11.8 Å². The van der Waals surface area contributed by atoms with E-state index in [9.17, 15) is 0 Å². The Balaban J connectivity index is 1.52. The standard InChI is InChI=1S/C27H29N3O4S/c1-4-32-22-11-9-21(10-12-22)30-26(20-7-6-8-25(19-20)31-3)28-29-27(30)35-18-17-34-24-15-13-23(14-16-24)33-5-2/h6-16,19H,4-5,17-18H2,1-3H3. The maximum absolute atomic E-state index is 5.90. The predicted molar refractivity (Wildman–Crippen MR) is 138 cm³/mol. The van der Waals surface area contributed by atoms with Crippen LogP contribution in [0.25, 0.3) is 17.1 Å². The molecule has 3 aromatic carbocycles. The van der Waals surface area contributed by atoms with Crippen LogP contribution in [0.1, 0.15) is 13.8 Å². The Kier molecular flexibility index (Phi) is 8.51. The van der Waals surface area contributed by atoms with Crippen molar-refractivity contribution in [1.82, 2.24) is 14.8 Å². The second kappa shape index (κ2) is 12.2. The number of aromatic nitrogens is 3. The summed E-state index contributed by atoms with van der Waals surface area (Å²) in [7, 11) is 1.65.